The van der Waals surface area contributed by atoms with E-state index in [0.717, 1.165) is 120 Å². The van der Waals surface area contributed by atoms with Crippen LogP contribution >= 0.6 is 15.6 Å². The number of phosphoric ester groups is 2. The summed E-state index contributed by atoms with van der Waals surface area (Å²) in [5, 5.41) is 10.6. The molecular formula is C74H144O17P2. The summed E-state index contributed by atoms with van der Waals surface area (Å²) >= 11 is 0. The smallest absolute Gasteiger partial charge is 0.462 e. The van der Waals surface area contributed by atoms with Crippen molar-refractivity contribution in [1.82, 2.24) is 0 Å². The molecule has 0 saturated carbocycles. The fraction of sp³-hybridized carbons (Fsp3) is 0.946. The van der Waals surface area contributed by atoms with Crippen molar-refractivity contribution in [3.63, 3.8) is 0 Å². The molecule has 0 fully saturated rings. The van der Waals surface area contributed by atoms with Gasteiger partial charge >= 0.3 is 39.5 Å². The molecule has 552 valence electrons. The van der Waals surface area contributed by atoms with E-state index < -0.39 is 97.5 Å². The number of carbonyl (C=O) groups is 4. The Balaban J connectivity index is 5.26. The molecular weight excluding hydrogens is 1220 g/mol. The Hall–Kier alpha value is -1.94. The van der Waals surface area contributed by atoms with Crippen LogP contribution in [-0.2, 0) is 65.4 Å². The first-order valence-electron chi connectivity index (χ1n) is 38.2. The van der Waals surface area contributed by atoms with Gasteiger partial charge in [0.15, 0.2) is 12.2 Å². The summed E-state index contributed by atoms with van der Waals surface area (Å²) < 4.78 is 68.5. The molecule has 3 unspecified atom stereocenters. The van der Waals surface area contributed by atoms with Gasteiger partial charge in [-0.15, -0.1) is 0 Å². The first-order valence-corrected chi connectivity index (χ1v) is 41.2. The number of phosphoric acid groups is 2. The first kappa shape index (κ1) is 91.1. The van der Waals surface area contributed by atoms with E-state index in [9.17, 15) is 43.2 Å². The van der Waals surface area contributed by atoms with Gasteiger partial charge in [-0.2, -0.15) is 0 Å². The summed E-state index contributed by atoms with van der Waals surface area (Å²) in [6.45, 7) is 14.2. The molecule has 19 heteroatoms. The predicted octanol–water partition coefficient (Wildman–Crippen LogP) is 21.3. The van der Waals surface area contributed by atoms with Gasteiger partial charge in [-0.25, -0.2) is 9.13 Å². The molecule has 0 aliphatic rings. The number of ether oxygens (including phenoxy) is 4. The van der Waals surface area contributed by atoms with Crippen LogP contribution in [0.15, 0.2) is 0 Å². The number of hydrogen-bond acceptors (Lipinski definition) is 15. The lowest BCUT2D eigenvalue weighted by Crippen LogP contribution is -2.30. The van der Waals surface area contributed by atoms with E-state index in [1.54, 1.807) is 0 Å². The van der Waals surface area contributed by atoms with Crippen LogP contribution < -0.4 is 0 Å². The van der Waals surface area contributed by atoms with Crippen LogP contribution in [0.1, 0.15) is 370 Å². The highest BCUT2D eigenvalue weighted by molar-refractivity contribution is 7.47. The monoisotopic (exact) mass is 1370 g/mol. The number of aliphatic hydroxyl groups excluding tert-OH is 1. The van der Waals surface area contributed by atoms with Gasteiger partial charge in [-0.3, -0.25) is 37.3 Å². The van der Waals surface area contributed by atoms with Crippen LogP contribution in [0.25, 0.3) is 0 Å². The molecule has 0 saturated heterocycles. The Labute approximate surface area is 568 Å². The van der Waals surface area contributed by atoms with E-state index in [1.165, 1.54) is 167 Å². The Morgan fingerprint density at radius 2 is 0.516 bits per heavy atom. The maximum atomic E-state index is 13.1. The molecule has 0 heterocycles. The highest BCUT2D eigenvalue weighted by Crippen LogP contribution is 2.45. The number of aliphatic hydroxyl groups is 1. The molecule has 0 aliphatic heterocycles. The van der Waals surface area contributed by atoms with Gasteiger partial charge in [0.2, 0.25) is 0 Å². The fourth-order valence-corrected chi connectivity index (χ4v) is 12.7. The third kappa shape index (κ3) is 67.0. The molecule has 0 aromatic rings. The molecule has 0 bridgehead atoms. The molecule has 0 rings (SSSR count). The second-order valence-corrected chi connectivity index (χ2v) is 31.3. The second kappa shape index (κ2) is 63.5. The zero-order valence-corrected chi connectivity index (χ0v) is 62.7. The summed E-state index contributed by atoms with van der Waals surface area (Å²) in [6, 6.07) is 0. The van der Waals surface area contributed by atoms with Gasteiger partial charge in [0.25, 0.3) is 0 Å². The zero-order valence-electron chi connectivity index (χ0n) is 60.9. The molecule has 0 amide bonds. The highest BCUT2D eigenvalue weighted by Gasteiger charge is 2.30. The van der Waals surface area contributed by atoms with Crippen molar-refractivity contribution in [2.45, 2.75) is 388 Å². The predicted molar refractivity (Wildman–Crippen MR) is 377 cm³/mol. The van der Waals surface area contributed by atoms with Gasteiger partial charge in [-0.1, -0.05) is 319 Å². The minimum absolute atomic E-state index is 0.105. The maximum Gasteiger partial charge on any atom is 0.472 e. The van der Waals surface area contributed by atoms with E-state index in [0.29, 0.717) is 25.7 Å². The third-order valence-electron chi connectivity index (χ3n) is 17.4. The lowest BCUT2D eigenvalue weighted by Gasteiger charge is -2.21. The lowest BCUT2D eigenvalue weighted by molar-refractivity contribution is -0.161. The standard InChI is InChI=1S/C74H144O17P2/c1-9-67(8)53-45-37-32-33-39-47-55-72(77)85-61-70(91-74(79)57-49-41-31-25-19-18-22-28-36-44-52-66(6)7)63-89-93(82,83)87-59-68(75)58-86-92(80,81)88-62-69(90-73(78)56-48-40-30-24-17-13-15-21-27-35-43-51-65(4)5)60-84-71(76)54-46-38-29-23-16-12-10-11-14-20-26-34-42-50-64(2)3/h64-70,75H,9-63H2,1-8H3,(H,80,81)(H,82,83)/t67?,68-,69-,70-/m1/s1. The zero-order chi connectivity index (χ0) is 68.9. The van der Waals surface area contributed by atoms with Crippen LogP contribution in [0.3, 0.4) is 0 Å². The minimum Gasteiger partial charge on any atom is -0.462 e. The van der Waals surface area contributed by atoms with Gasteiger partial charge in [-0.05, 0) is 49.4 Å². The fourth-order valence-electron chi connectivity index (χ4n) is 11.2. The van der Waals surface area contributed by atoms with Gasteiger partial charge in [0.1, 0.15) is 19.3 Å². The summed E-state index contributed by atoms with van der Waals surface area (Å²) in [5.74, 6) is 0.915. The molecule has 0 radical (unpaired) electrons. The molecule has 0 aromatic heterocycles. The average Bonchev–Trinajstić information content (AvgIpc) is 2.34. The average molecular weight is 1370 g/mol. The van der Waals surface area contributed by atoms with Crippen molar-refractivity contribution in [2.24, 2.45) is 23.7 Å². The van der Waals surface area contributed by atoms with Gasteiger partial charge in [0, 0.05) is 25.7 Å². The van der Waals surface area contributed by atoms with Gasteiger partial charge < -0.3 is 33.8 Å². The number of esters is 4. The minimum atomic E-state index is -4.96. The number of rotatable bonds is 71. The van der Waals surface area contributed by atoms with Crippen LogP contribution in [0.4, 0.5) is 0 Å². The molecule has 0 spiro atoms. The van der Waals surface area contributed by atoms with E-state index in [2.05, 4.69) is 55.4 Å². The molecule has 0 aromatic carbocycles. The Kier molecular flexibility index (Phi) is 62.2. The quantitative estimate of drug-likeness (QED) is 0.0222. The lowest BCUT2D eigenvalue weighted by atomic mass is 10.00. The number of carbonyl (C=O) groups excluding carboxylic acids is 4. The highest BCUT2D eigenvalue weighted by atomic mass is 31.2. The summed E-state index contributed by atoms with van der Waals surface area (Å²) in [6.07, 6.45) is 47.2. The maximum absolute atomic E-state index is 13.1. The van der Waals surface area contributed by atoms with Crippen LogP contribution in [0.5, 0.6) is 0 Å². The molecule has 6 atom stereocenters. The summed E-state index contributed by atoms with van der Waals surface area (Å²) in [4.78, 5) is 72.7. The molecule has 3 N–H and O–H groups in total. The van der Waals surface area contributed by atoms with E-state index >= 15 is 0 Å². The molecule has 93 heavy (non-hydrogen) atoms. The van der Waals surface area contributed by atoms with Crippen molar-refractivity contribution in [1.29, 1.82) is 0 Å². The first-order chi connectivity index (χ1) is 44.6. The van der Waals surface area contributed by atoms with E-state index in [4.69, 9.17) is 37.0 Å². The topological polar surface area (TPSA) is 237 Å². The van der Waals surface area contributed by atoms with Crippen LogP contribution in [0, 0.1) is 23.7 Å². The summed E-state index contributed by atoms with van der Waals surface area (Å²) in [5.41, 5.74) is 0. The van der Waals surface area contributed by atoms with Gasteiger partial charge in [0.05, 0.1) is 26.4 Å². The van der Waals surface area contributed by atoms with E-state index in [-0.39, 0.29) is 25.7 Å². The SMILES string of the molecule is CCC(C)CCCCCCCCC(=O)OC[C@H](COP(=O)(O)OC[C@H](O)COP(=O)(O)OC[C@@H](COC(=O)CCCCCCCCCCCCCCCC(C)C)OC(=O)CCCCCCCCCCCCCC(C)C)OC(=O)CCCCCCCCCCCCC(C)C. The third-order valence-corrected chi connectivity index (χ3v) is 19.3. The Morgan fingerprint density at radius 3 is 0.763 bits per heavy atom. The molecule has 17 nitrogen and oxygen atoms in total. The normalized spacial score (nSPS) is 14.5. The largest absolute Gasteiger partial charge is 0.472 e. The molecule has 0 aliphatic carbocycles. The number of hydrogen-bond donors (Lipinski definition) is 3. The van der Waals surface area contributed by atoms with Crippen molar-refractivity contribution >= 4 is 39.5 Å². The van der Waals surface area contributed by atoms with Crippen LogP contribution in [0.2, 0.25) is 0 Å². The number of unbranched alkanes of at least 4 members (excludes halogenated alkanes) is 36. The van der Waals surface area contributed by atoms with Crippen molar-refractivity contribution in [3.05, 3.63) is 0 Å². The second-order valence-electron chi connectivity index (χ2n) is 28.4. The van der Waals surface area contributed by atoms with Crippen molar-refractivity contribution in [2.75, 3.05) is 39.6 Å². The Bertz CT molecular complexity index is 1840. The van der Waals surface area contributed by atoms with Crippen molar-refractivity contribution in [3.8, 4) is 0 Å². The van der Waals surface area contributed by atoms with E-state index in [1.807, 2.05) is 0 Å². The summed E-state index contributed by atoms with van der Waals surface area (Å²) in [7, 11) is -9.91. The Morgan fingerprint density at radius 1 is 0.301 bits per heavy atom. The van der Waals surface area contributed by atoms with Crippen LogP contribution in [-0.4, -0.2) is 96.7 Å². The van der Waals surface area contributed by atoms with Crippen molar-refractivity contribution < 1.29 is 80.2 Å².